The lowest BCUT2D eigenvalue weighted by Gasteiger charge is -2.48. The smallest absolute Gasteiger partial charge is 0.278 e. The molecule has 1 aromatic carbocycles. The van der Waals surface area contributed by atoms with Gasteiger partial charge in [-0.2, -0.15) is 5.26 Å². The number of fused-ring (bicyclic) bond motifs is 5. The van der Waals surface area contributed by atoms with Gasteiger partial charge >= 0.3 is 0 Å². The number of pyridine rings is 1. The number of carbonyl (C=O) groups excluding carboxylic acids is 1. The Hall–Kier alpha value is -2.99. The molecule has 0 bridgehead atoms. The van der Waals surface area contributed by atoms with Crippen LogP contribution in [-0.2, 0) is 11.8 Å². The fraction of sp³-hybridized carbons (Fsp3) is 0.421. The molecule has 2 atom stereocenters. The van der Waals surface area contributed by atoms with Crippen molar-refractivity contribution in [3.05, 3.63) is 33.6 Å². The second-order valence-electron chi connectivity index (χ2n) is 7.49. The molecule has 4 rings (SSSR count). The van der Waals surface area contributed by atoms with Gasteiger partial charge in [-0.1, -0.05) is 0 Å². The number of amides is 1. The number of hydrogen-bond acceptors (Lipinski definition) is 5. The van der Waals surface area contributed by atoms with Gasteiger partial charge in [0.2, 0.25) is 0 Å². The summed E-state index contributed by atoms with van der Waals surface area (Å²) in [7, 11) is 3.22. The van der Waals surface area contributed by atoms with Crippen molar-refractivity contribution in [1.82, 2.24) is 9.47 Å². The third-order valence-corrected chi connectivity index (χ3v) is 5.91. The quantitative estimate of drug-likeness (QED) is 0.640. The van der Waals surface area contributed by atoms with Crippen LogP contribution in [0.4, 0.5) is 20.2 Å². The van der Waals surface area contributed by atoms with E-state index in [2.05, 4.69) is 0 Å². The van der Waals surface area contributed by atoms with Crippen LogP contribution >= 0.6 is 0 Å². The van der Waals surface area contributed by atoms with Gasteiger partial charge in [0.1, 0.15) is 17.5 Å². The predicted molar refractivity (Wildman–Crippen MR) is 100 cm³/mol. The molecule has 0 N–H and O–H groups in total. The van der Waals surface area contributed by atoms with Crippen LogP contribution in [0.5, 0.6) is 0 Å². The summed E-state index contributed by atoms with van der Waals surface area (Å²) < 4.78 is 30.4. The molecule has 0 spiro atoms. The highest BCUT2D eigenvalue weighted by Crippen LogP contribution is 2.42. The first-order valence-electron chi connectivity index (χ1n) is 8.90. The minimum absolute atomic E-state index is 0.0415. The molecule has 0 radical (unpaired) electrons. The number of nitrogens with zero attached hydrogens (tertiary/aromatic N) is 5. The van der Waals surface area contributed by atoms with E-state index in [4.69, 9.17) is 0 Å². The van der Waals surface area contributed by atoms with E-state index in [1.54, 1.807) is 11.1 Å². The second-order valence-corrected chi connectivity index (χ2v) is 7.49. The molecule has 28 heavy (non-hydrogen) atoms. The molecule has 7 nitrogen and oxygen atoms in total. The van der Waals surface area contributed by atoms with E-state index in [1.807, 2.05) is 18.9 Å². The van der Waals surface area contributed by atoms with Gasteiger partial charge < -0.3 is 9.47 Å². The van der Waals surface area contributed by atoms with Crippen molar-refractivity contribution in [2.75, 3.05) is 29.9 Å². The molecule has 1 amide bonds. The van der Waals surface area contributed by atoms with Gasteiger partial charge in [0, 0.05) is 37.1 Å². The van der Waals surface area contributed by atoms with E-state index in [0.717, 1.165) is 9.47 Å². The van der Waals surface area contributed by atoms with Crippen LogP contribution in [0.25, 0.3) is 10.9 Å². The Morgan fingerprint density at radius 2 is 1.86 bits per heavy atom. The third kappa shape index (κ3) is 2.21. The third-order valence-electron chi connectivity index (χ3n) is 5.91. The molecular formula is C19H19F2N5O2. The average molecular weight is 387 g/mol. The topological polar surface area (TPSA) is 72.6 Å². The number of anilines is 2. The van der Waals surface area contributed by atoms with Gasteiger partial charge in [-0.15, -0.1) is 0 Å². The van der Waals surface area contributed by atoms with Crippen molar-refractivity contribution in [1.29, 1.82) is 5.26 Å². The van der Waals surface area contributed by atoms with Crippen LogP contribution in [0.2, 0.25) is 0 Å². The van der Waals surface area contributed by atoms with Crippen molar-refractivity contribution >= 4 is 28.2 Å². The van der Waals surface area contributed by atoms with Crippen LogP contribution in [0.3, 0.4) is 0 Å². The zero-order valence-corrected chi connectivity index (χ0v) is 16.0. The lowest BCUT2D eigenvalue weighted by atomic mass is 9.98. The first-order chi connectivity index (χ1) is 13.2. The number of hydrogen-bond donors (Lipinski definition) is 0. The Morgan fingerprint density at radius 1 is 1.18 bits per heavy atom. The molecule has 1 fully saturated rings. The van der Waals surface area contributed by atoms with E-state index in [9.17, 15) is 23.6 Å². The number of piperazine rings is 1. The van der Waals surface area contributed by atoms with Crippen molar-refractivity contribution < 1.29 is 13.6 Å². The van der Waals surface area contributed by atoms with Gasteiger partial charge in [0.05, 0.1) is 11.2 Å². The Balaban J connectivity index is 2.17. The summed E-state index contributed by atoms with van der Waals surface area (Å²) in [5.41, 5.74) is -0.817. The number of likely N-dealkylation sites (N-methyl/N-ethyl adjacent to an activating group) is 1. The van der Waals surface area contributed by atoms with Gasteiger partial charge in [0.25, 0.3) is 11.5 Å². The van der Waals surface area contributed by atoms with Crippen molar-refractivity contribution in [2.24, 2.45) is 7.05 Å². The van der Waals surface area contributed by atoms with Crippen molar-refractivity contribution in [3.8, 4) is 6.19 Å². The summed E-state index contributed by atoms with van der Waals surface area (Å²) in [5, 5.41) is 9.76. The van der Waals surface area contributed by atoms with E-state index >= 15 is 0 Å². The largest absolute Gasteiger partial charge is 0.354 e. The number of benzene rings is 1. The van der Waals surface area contributed by atoms with E-state index in [1.165, 1.54) is 20.0 Å². The molecule has 3 heterocycles. The fourth-order valence-electron chi connectivity index (χ4n) is 4.11. The summed E-state index contributed by atoms with van der Waals surface area (Å²) in [6.07, 6.45) is 1.78. The highest BCUT2D eigenvalue weighted by molar-refractivity contribution is 6.13. The second kappa shape index (κ2) is 6.01. The lowest BCUT2D eigenvalue weighted by Crippen LogP contribution is -2.64. The summed E-state index contributed by atoms with van der Waals surface area (Å²) >= 11 is 0. The molecular weight excluding hydrogens is 368 g/mol. The van der Waals surface area contributed by atoms with E-state index < -0.39 is 29.1 Å². The monoisotopic (exact) mass is 387 g/mol. The van der Waals surface area contributed by atoms with Crippen LogP contribution < -0.4 is 15.4 Å². The molecule has 0 saturated carbocycles. The standard InChI is InChI=1S/C19H19F2N5O2/c1-9-6-25-13(7-23(9)3)18(27)26(8-22)17-16(25)11-5-12(20)10(2)14(21)15(11)24(4)19(17)28/h5,9,13H,6-7H2,1-4H3. The normalized spacial score (nSPS) is 22.2. The molecule has 146 valence electrons. The maximum Gasteiger partial charge on any atom is 0.278 e. The number of nitriles is 1. The zero-order chi connectivity index (χ0) is 20.5. The number of rotatable bonds is 0. The summed E-state index contributed by atoms with van der Waals surface area (Å²) in [4.78, 5) is 30.4. The lowest BCUT2D eigenvalue weighted by molar-refractivity contribution is -0.120. The number of aromatic nitrogens is 1. The van der Waals surface area contributed by atoms with Gasteiger partial charge in [-0.05, 0) is 27.0 Å². The molecule has 2 unspecified atom stereocenters. The minimum atomic E-state index is -0.823. The number of aryl methyl sites for hydroxylation is 1. The van der Waals surface area contributed by atoms with Crippen LogP contribution in [0, 0.1) is 30.0 Å². The Morgan fingerprint density at radius 3 is 2.50 bits per heavy atom. The van der Waals surface area contributed by atoms with Gasteiger partial charge in [-0.3, -0.25) is 14.5 Å². The predicted octanol–water partition coefficient (Wildman–Crippen LogP) is 1.46. The van der Waals surface area contributed by atoms with Crippen LogP contribution in [0.15, 0.2) is 10.9 Å². The Bertz CT molecular complexity index is 1140. The van der Waals surface area contributed by atoms with Crippen molar-refractivity contribution in [3.63, 3.8) is 0 Å². The SMILES string of the molecule is Cc1c(F)cc2c3c(c(=O)n(C)c2c1F)N(C#N)C(=O)C1CN(C)C(C)CN31. The summed E-state index contributed by atoms with van der Waals surface area (Å²) in [6.45, 7) is 4.00. The highest BCUT2D eigenvalue weighted by Gasteiger charge is 2.45. The summed E-state index contributed by atoms with van der Waals surface area (Å²) in [5.74, 6) is -2.08. The van der Waals surface area contributed by atoms with Crippen LogP contribution in [-0.4, -0.2) is 47.6 Å². The van der Waals surface area contributed by atoms with Gasteiger partial charge in [-0.25, -0.2) is 13.7 Å². The average Bonchev–Trinajstić information content (AvgIpc) is 2.65. The van der Waals surface area contributed by atoms with Crippen molar-refractivity contribution in [2.45, 2.75) is 25.9 Å². The Kier molecular flexibility index (Phi) is 3.94. The molecule has 2 aliphatic heterocycles. The van der Waals surface area contributed by atoms with Crippen LogP contribution in [0.1, 0.15) is 12.5 Å². The fourth-order valence-corrected chi connectivity index (χ4v) is 4.11. The highest BCUT2D eigenvalue weighted by atomic mass is 19.1. The molecule has 1 aromatic heterocycles. The first kappa shape index (κ1) is 18.4. The minimum Gasteiger partial charge on any atom is -0.354 e. The number of halogens is 2. The molecule has 9 heteroatoms. The van der Waals surface area contributed by atoms with E-state index in [0.29, 0.717) is 13.1 Å². The van der Waals surface area contributed by atoms with E-state index in [-0.39, 0.29) is 33.9 Å². The molecule has 2 aliphatic rings. The van der Waals surface area contributed by atoms with Gasteiger partial charge in [0.15, 0.2) is 12.0 Å². The maximum atomic E-state index is 14.9. The first-order valence-corrected chi connectivity index (χ1v) is 8.90. The number of carbonyl (C=O) groups is 1. The molecule has 0 aliphatic carbocycles. The zero-order valence-electron chi connectivity index (χ0n) is 16.0. The maximum absolute atomic E-state index is 14.9. The summed E-state index contributed by atoms with van der Waals surface area (Å²) in [6, 6.07) is 0.512. The molecule has 1 saturated heterocycles. The Labute approximate surface area is 160 Å². The molecule has 2 aromatic rings.